The van der Waals surface area contributed by atoms with Crippen LogP contribution >= 0.6 is 12.2 Å². The van der Waals surface area contributed by atoms with Crippen molar-refractivity contribution in [2.45, 2.75) is 6.54 Å². The number of carbonyl (C=O) groups excluding carboxylic acids is 1. The highest BCUT2D eigenvalue weighted by Crippen LogP contribution is 2.15. The maximum absolute atomic E-state index is 12.5. The molecular weight excluding hydrogens is 348 g/mol. The van der Waals surface area contributed by atoms with Gasteiger partial charge in [0.05, 0.1) is 22.5 Å². The molecule has 3 aromatic rings. The second kappa shape index (κ2) is 7.17. The monoisotopic (exact) mass is 362 g/mol. The number of carbonyl (C=O) groups is 1. The Morgan fingerprint density at radius 2 is 2.15 bits per heavy atom. The number of benzene rings is 2. The van der Waals surface area contributed by atoms with E-state index in [9.17, 15) is 9.59 Å². The lowest BCUT2D eigenvalue weighted by Crippen LogP contribution is -2.22. The van der Waals surface area contributed by atoms with E-state index in [1.54, 1.807) is 48.5 Å². The summed E-state index contributed by atoms with van der Waals surface area (Å²) in [7, 11) is 0. The fourth-order valence-electron chi connectivity index (χ4n) is 2.56. The maximum atomic E-state index is 12.5. The Morgan fingerprint density at radius 1 is 1.35 bits per heavy atom. The highest BCUT2D eigenvalue weighted by Gasteiger charge is 2.10. The Kier molecular flexibility index (Phi) is 4.78. The largest absolute Gasteiger partial charge is 0.332 e. The Labute approximate surface area is 154 Å². The summed E-state index contributed by atoms with van der Waals surface area (Å²) >= 11 is 5.20. The molecular formula is C19H14N4O2S. The van der Waals surface area contributed by atoms with Crippen LogP contribution < -0.4 is 10.9 Å². The molecule has 1 amide bonds. The molecule has 7 heteroatoms. The molecule has 0 spiro atoms. The Hall–Kier alpha value is -3.50. The van der Waals surface area contributed by atoms with Gasteiger partial charge >= 0.3 is 0 Å². The van der Waals surface area contributed by atoms with Gasteiger partial charge in [-0.15, -0.1) is 6.58 Å². The summed E-state index contributed by atoms with van der Waals surface area (Å²) in [5.74, 6) is -0.350. The summed E-state index contributed by atoms with van der Waals surface area (Å²) in [6.45, 7) is 3.92. The van der Waals surface area contributed by atoms with Crippen LogP contribution in [-0.2, 0) is 6.54 Å². The molecule has 0 radical (unpaired) electrons. The number of aromatic amines is 1. The van der Waals surface area contributed by atoms with Crippen LogP contribution in [-0.4, -0.2) is 15.5 Å². The number of nitrogens with one attached hydrogen (secondary N) is 2. The summed E-state index contributed by atoms with van der Waals surface area (Å²) in [4.78, 5) is 27.9. The Balaban J connectivity index is 1.98. The average molecular weight is 362 g/mol. The van der Waals surface area contributed by atoms with Crippen LogP contribution in [0.5, 0.6) is 0 Å². The molecule has 2 N–H and O–H groups in total. The molecule has 0 aliphatic heterocycles. The van der Waals surface area contributed by atoms with E-state index in [1.807, 2.05) is 6.07 Å². The van der Waals surface area contributed by atoms with Crippen molar-refractivity contribution in [1.82, 2.24) is 9.55 Å². The van der Waals surface area contributed by atoms with Gasteiger partial charge in [0, 0.05) is 17.8 Å². The van der Waals surface area contributed by atoms with Crippen molar-refractivity contribution in [3.8, 4) is 6.07 Å². The van der Waals surface area contributed by atoms with Gasteiger partial charge in [-0.1, -0.05) is 12.1 Å². The van der Waals surface area contributed by atoms with Crippen LogP contribution in [0.3, 0.4) is 0 Å². The first-order valence-electron chi connectivity index (χ1n) is 7.73. The number of rotatable bonds is 4. The molecule has 2 aromatic carbocycles. The second-order valence-corrected chi connectivity index (χ2v) is 5.93. The predicted octanol–water partition coefficient (Wildman–Crippen LogP) is 3.37. The zero-order valence-electron chi connectivity index (χ0n) is 13.7. The van der Waals surface area contributed by atoms with Crippen LogP contribution in [0.25, 0.3) is 10.9 Å². The quantitative estimate of drug-likeness (QED) is 0.550. The number of amides is 1. The molecule has 1 heterocycles. The smallest absolute Gasteiger partial charge is 0.262 e. The van der Waals surface area contributed by atoms with Crippen molar-refractivity contribution in [2.24, 2.45) is 0 Å². The number of aromatic nitrogens is 2. The highest BCUT2D eigenvalue weighted by atomic mass is 32.1. The number of hydrogen-bond acceptors (Lipinski definition) is 4. The summed E-state index contributed by atoms with van der Waals surface area (Å²) in [6, 6.07) is 13.4. The van der Waals surface area contributed by atoms with E-state index in [4.69, 9.17) is 17.5 Å². The first-order valence-corrected chi connectivity index (χ1v) is 8.13. The number of nitriles is 1. The van der Waals surface area contributed by atoms with Gasteiger partial charge < -0.3 is 10.3 Å². The van der Waals surface area contributed by atoms with Crippen LogP contribution in [0.2, 0.25) is 0 Å². The van der Waals surface area contributed by atoms with Crippen LogP contribution in [0.4, 0.5) is 5.69 Å². The van der Waals surface area contributed by atoms with E-state index in [0.717, 1.165) is 0 Å². The average Bonchev–Trinajstić information content (AvgIpc) is 2.64. The van der Waals surface area contributed by atoms with Crippen molar-refractivity contribution in [3.63, 3.8) is 0 Å². The SMILES string of the molecule is C=CCn1c(=S)[nH]c2cc(C(=O)Nc3cccc(C#N)c3)ccc2c1=O. The van der Waals surface area contributed by atoms with Crippen molar-refractivity contribution < 1.29 is 4.79 Å². The van der Waals surface area contributed by atoms with E-state index in [1.165, 1.54) is 4.57 Å². The van der Waals surface area contributed by atoms with Crippen LogP contribution in [0, 0.1) is 16.1 Å². The number of H-pyrrole nitrogens is 1. The van der Waals surface area contributed by atoms with Crippen molar-refractivity contribution in [1.29, 1.82) is 5.26 Å². The van der Waals surface area contributed by atoms with Gasteiger partial charge in [-0.3, -0.25) is 14.2 Å². The van der Waals surface area contributed by atoms with Crippen molar-refractivity contribution in [2.75, 3.05) is 5.32 Å². The molecule has 0 saturated heterocycles. The number of nitrogens with zero attached hydrogens (tertiary/aromatic N) is 2. The zero-order valence-corrected chi connectivity index (χ0v) is 14.5. The van der Waals surface area contributed by atoms with E-state index in [2.05, 4.69) is 16.9 Å². The minimum atomic E-state index is -0.350. The summed E-state index contributed by atoms with van der Waals surface area (Å²) in [6.07, 6.45) is 1.59. The fraction of sp³-hybridized carbons (Fsp3) is 0.0526. The maximum Gasteiger partial charge on any atom is 0.262 e. The van der Waals surface area contributed by atoms with Gasteiger partial charge in [0.1, 0.15) is 0 Å². The lowest BCUT2D eigenvalue weighted by Gasteiger charge is -2.08. The van der Waals surface area contributed by atoms with Crippen molar-refractivity contribution >= 4 is 34.7 Å². The molecule has 0 bridgehead atoms. The van der Waals surface area contributed by atoms with Gasteiger partial charge in [0.15, 0.2) is 4.77 Å². The molecule has 1 aromatic heterocycles. The molecule has 0 saturated carbocycles. The van der Waals surface area contributed by atoms with Gasteiger partial charge in [-0.25, -0.2) is 0 Å². The molecule has 0 unspecified atom stereocenters. The van der Waals surface area contributed by atoms with Crippen molar-refractivity contribution in [3.05, 3.63) is 81.4 Å². The highest BCUT2D eigenvalue weighted by molar-refractivity contribution is 7.71. The minimum absolute atomic E-state index is 0.239. The molecule has 0 atom stereocenters. The third kappa shape index (κ3) is 3.31. The first-order chi connectivity index (χ1) is 12.5. The molecule has 3 rings (SSSR count). The van der Waals surface area contributed by atoms with Gasteiger partial charge in [0.2, 0.25) is 0 Å². The van der Waals surface area contributed by atoms with Crippen LogP contribution in [0.1, 0.15) is 15.9 Å². The Morgan fingerprint density at radius 3 is 2.88 bits per heavy atom. The fourth-order valence-corrected chi connectivity index (χ4v) is 2.83. The third-order valence-corrected chi connectivity index (χ3v) is 4.13. The summed E-state index contributed by atoms with van der Waals surface area (Å²) in [5.41, 5.74) is 1.58. The van der Waals surface area contributed by atoms with Gasteiger partial charge in [-0.05, 0) is 48.6 Å². The topological polar surface area (TPSA) is 90.7 Å². The number of anilines is 1. The summed E-state index contributed by atoms with van der Waals surface area (Å²) in [5, 5.41) is 12.1. The standard InChI is InChI=1S/C19H14N4O2S/c1-2-8-23-18(25)15-7-6-13(10-16(15)22-19(23)26)17(24)21-14-5-3-4-12(9-14)11-20/h2-7,9-10H,1,8H2,(H,21,24)(H,22,26). The zero-order chi connectivity index (χ0) is 18.7. The van der Waals surface area contributed by atoms with E-state index < -0.39 is 0 Å². The second-order valence-electron chi connectivity index (χ2n) is 5.54. The number of fused-ring (bicyclic) bond motifs is 1. The molecule has 0 aliphatic carbocycles. The van der Waals surface area contributed by atoms with Gasteiger partial charge in [-0.2, -0.15) is 5.26 Å². The van der Waals surface area contributed by atoms with Crippen LogP contribution in [0.15, 0.2) is 59.9 Å². The number of allylic oxidation sites excluding steroid dienone is 1. The lowest BCUT2D eigenvalue weighted by molar-refractivity contribution is 0.102. The molecule has 128 valence electrons. The lowest BCUT2D eigenvalue weighted by atomic mass is 10.1. The Bertz CT molecular complexity index is 1180. The van der Waals surface area contributed by atoms with E-state index in [0.29, 0.717) is 34.3 Å². The van der Waals surface area contributed by atoms with E-state index >= 15 is 0 Å². The number of hydrogen-bond donors (Lipinski definition) is 2. The third-order valence-electron chi connectivity index (χ3n) is 3.81. The van der Waals surface area contributed by atoms with E-state index in [-0.39, 0.29) is 16.2 Å². The molecule has 26 heavy (non-hydrogen) atoms. The summed E-state index contributed by atoms with van der Waals surface area (Å²) < 4.78 is 1.67. The van der Waals surface area contributed by atoms with Gasteiger partial charge in [0.25, 0.3) is 11.5 Å². The normalized spacial score (nSPS) is 10.3. The predicted molar refractivity (Wildman–Crippen MR) is 103 cm³/mol. The first kappa shape index (κ1) is 17.3. The molecule has 6 nitrogen and oxygen atoms in total. The minimum Gasteiger partial charge on any atom is -0.332 e. The molecule has 0 fully saturated rings. The molecule has 0 aliphatic rings.